The number of thiophene rings is 1. The number of aromatic nitrogens is 4. The third kappa shape index (κ3) is 3.23. The van der Waals surface area contributed by atoms with E-state index in [1.165, 1.54) is 27.7 Å². The van der Waals surface area contributed by atoms with E-state index in [0.717, 1.165) is 16.9 Å². The molecule has 4 rings (SSSR count). The maximum atomic E-state index is 12.7. The molecule has 0 unspecified atom stereocenters. The Morgan fingerprint density at radius 1 is 1.23 bits per heavy atom. The molecule has 0 aliphatic heterocycles. The van der Waals surface area contributed by atoms with Crippen LogP contribution < -0.4 is 10.7 Å². The highest BCUT2D eigenvalue weighted by molar-refractivity contribution is 7.98. The highest BCUT2D eigenvalue weighted by atomic mass is 32.2. The number of hydrogen-bond donors (Lipinski definition) is 1. The molecule has 0 spiro atoms. The number of carbonyl (C=O) groups excluding carboxylic acids is 1. The van der Waals surface area contributed by atoms with Gasteiger partial charge in [-0.3, -0.25) is 9.36 Å². The van der Waals surface area contributed by atoms with E-state index in [1.54, 1.807) is 11.4 Å². The number of nitrogens with zero attached hydrogens (tertiary/aromatic N) is 3. The Hall–Kier alpha value is -2.65. The molecule has 26 heavy (non-hydrogen) atoms. The van der Waals surface area contributed by atoms with Crippen molar-refractivity contribution in [1.29, 1.82) is 0 Å². The van der Waals surface area contributed by atoms with Crippen LogP contribution in [0.25, 0.3) is 21.3 Å². The Balaban J connectivity index is 1.66. The second kappa shape index (κ2) is 6.93. The third-order valence-corrected chi connectivity index (χ3v) is 5.73. The van der Waals surface area contributed by atoms with Gasteiger partial charge in [0.25, 0.3) is 5.56 Å². The number of imidazole rings is 1. The molecule has 9 heteroatoms. The van der Waals surface area contributed by atoms with Crippen molar-refractivity contribution in [3.63, 3.8) is 0 Å². The molecule has 0 amide bonds. The Bertz CT molecular complexity index is 1130. The lowest BCUT2D eigenvalue weighted by atomic mass is 10.3. The number of thioether (sulfide) groups is 1. The van der Waals surface area contributed by atoms with Crippen LogP contribution in [0.3, 0.4) is 0 Å². The van der Waals surface area contributed by atoms with Gasteiger partial charge in [-0.15, -0.1) is 11.3 Å². The molecule has 1 N–H and O–H groups in total. The van der Waals surface area contributed by atoms with Crippen LogP contribution in [0, 0.1) is 0 Å². The number of hydrogen-bond acceptors (Lipinski definition) is 7. The Labute approximate surface area is 155 Å². The number of fused-ring (bicyclic) bond motifs is 2. The monoisotopic (exact) mass is 385 g/mol. The molecule has 0 saturated heterocycles. The summed E-state index contributed by atoms with van der Waals surface area (Å²) in [5.74, 6) is 0.0564. The van der Waals surface area contributed by atoms with Gasteiger partial charge in [0.15, 0.2) is 5.16 Å². The number of carboxylic acids is 1. The summed E-state index contributed by atoms with van der Waals surface area (Å²) in [5.41, 5.74) is 2.22. The SMILES string of the molecule is O=C([O-])CCn1c(SCc2nc3ccccc3[nH]2)nc2ccsc2c1=O. The Morgan fingerprint density at radius 2 is 2.08 bits per heavy atom. The predicted octanol–water partition coefficient (Wildman–Crippen LogP) is 1.77. The van der Waals surface area contributed by atoms with E-state index in [-0.39, 0.29) is 18.5 Å². The van der Waals surface area contributed by atoms with E-state index in [4.69, 9.17) is 0 Å². The van der Waals surface area contributed by atoms with Crippen molar-refractivity contribution in [3.8, 4) is 0 Å². The van der Waals surface area contributed by atoms with Gasteiger partial charge in [-0.1, -0.05) is 23.9 Å². The molecular formula is C17H13N4O3S2-. The van der Waals surface area contributed by atoms with E-state index in [9.17, 15) is 14.7 Å². The normalized spacial score (nSPS) is 11.4. The zero-order chi connectivity index (χ0) is 18.1. The first-order valence-corrected chi connectivity index (χ1v) is 9.72. The summed E-state index contributed by atoms with van der Waals surface area (Å²) in [4.78, 5) is 35.8. The van der Waals surface area contributed by atoms with Crippen LogP contribution in [-0.4, -0.2) is 25.5 Å². The minimum atomic E-state index is -1.20. The van der Waals surface area contributed by atoms with Crippen LogP contribution in [0.4, 0.5) is 0 Å². The minimum absolute atomic E-state index is 0.0322. The van der Waals surface area contributed by atoms with Crippen molar-refractivity contribution in [2.75, 3.05) is 0 Å². The van der Waals surface area contributed by atoms with Crippen LogP contribution in [0.5, 0.6) is 0 Å². The number of aromatic amines is 1. The maximum Gasteiger partial charge on any atom is 0.272 e. The number of nitrogens with one attached hydrogen (secondary N) is 1. The number of benzene rings is 1. The predicted molar refractivity (Wildman–Crippen MR) is 99.2 cm³/mol. The molecule has 3 heterocycles. The van der Waals surface area contributed by atoms with Gasteiger partial charge < -0.3 is 14.9 Å². The van der Waals surface area contributed by atoms with Gasteiger partial charge in [0.2, 0.25) is 0 Å². The molecule has 0 fully saturated rings. The van der Waals surface area contributed by atoms with Crippen molar-refractivity contribution >= 4 is 50.3 Å². The van der Waals surface area contributed by atoms with Crippen LogP contribution in [0.15, 0.2) is 45.7 Å². The van der Waals surface area contributed by atoms with Crippen molar-refractivity contribution in [3.05, 3.63) is 51.9 Å². The minimum Gasteiger partial charge on any atom is -0.550 e. The van der Waals surface area contributed by atoms with Gasteiger partial charge in [-0.05, 0) is 23.6 Å². The fourth-order valence-corrected chi connectivity index (χ4v) is 4.31. The molecule has 0 saturated carbocycles. The quantitative estimate of drug-likeness (QED) is 0.401. The first-order valence-electron chi connectivity index (χ1n) is 7.86. The van der Waals surface area contributed by atoms with Gasteiger partial charge in [0.05, 0.1) is 22.3 Å². The summed E-state index contributed by atoms with van der Waals surface area (Å²) in [5, 5.41) is 13.1. The summed E-state index contributed by atoms with van der Waals surface area (Å²) in [6.45, 7) is 0.0322. The number of H-pyrrole nitrogens is 1. The van der Waals surface area contributed by atoms with Crippen molar-refractivity contribution in [1.82, 2.24) is 19.5 Å². The van der Waals surface area contributed by atoms with Crippen LogP contribution in [0.1, 0.15) is 12.2 Å². The topological polar surface area (TPSA) is 104 Å². The molecule has 0 aliphatic carbocycles. The fourth-order valence-electron chi connectivity index (χ4n) is 2.64. The molecule has 0 bridgehead atoms. The molecule has 3 aromatic heterocycles. The van der Waals surface area contributed by atoms with E-state index < -0.39 is 5.97 Å². The average molecular weight is 385 g/mol. The van der Waals surface area contributed by atoms with Gasteiger partial charge >= 0.3 is 0 Å². The van der Waals surface area contributed by atoms with Gasteiger partial charge in [0.1, 0.15) is 10.5 Å². The Kier molecular flexibility index (Phi) is 4.48. The Morgan fingerprint density at radius 3 is 2.88 bits per heavy atom. The molecule has 7 nitrogen and oxygen atoms in total. The lowest BCUT2D eigenvalue weighted by Gasteiger charge is -2.11. The standard InChI is InChI=1S/C17H14N4O3S2/c22-14(23)5-7-21-16(24)15-12(6-8-25-15)20-17(21)26-9-13-18-10-3-1-2-4-11(10)19-13/h1-4,6,8H,5,7,9H2,(H,18,19)(H,22,23)/p-1. The first-order chi connectivity index (χ1) is 12.6. The molecular weight excluding hydrogens is 372 g/mol. The fraction of sp³-hybridized carbons (Fsp3) is 0.176. The third-order valence-electron chi connectivity index (χ3n) is 3.85. The number of para-hydroxylation sites is 2. The zero-order valence-corrected chi connectivity index (χ0v) is 15.1. The maximum absolute atomic E-state index is 12.7. The molecule has 0 aliphatic rings. The summed E-state index contributed by atoms with van der Waals surface area (Å²) in [6.07, 6.45) is -0.239. The second-order valence-electron chi connectivity index (χ2n) is 5.60. The van der Waals surface area contributed by atoms with Gasteiger partial charge in [0, 0.05) is 18.9 Å². The summed E-state index contributed by atoms with van der Waals surface area (Å²) in [6, 6.07) is 9.51. The van der Waals surface area contributed by atoms with Gasteiger partial charge in [-0.25, -0.2) is 9.97 Å². The second-order valence-corrected chi connectivity index (χ2v) is 7.46. The molecule has 132 valence electrons. The molecule has 0 radical (unpaired) electrons. The zero-order valence-electron chi connectivity index (χ0n) is 13.5. The van der Waals surface area contributed by atoms with E-state index in [2.05, 4.69) is 15.0 Å². The number of carbonyl (C=O) groups is 1. The molecule has 4 aromatic rings. The van der Waals surface area contributed by atoms with Crippen LogP contribution in [-0.2, 0) is 17.1 Å². The van der Waals surface area contributed by atoms with Crippen molar-refractivity contribution in [2.24, 2.45) is 0 Å². The van der Waals surface area contributed by atoms with E-state index in [0.29, 0.717) is 21.1 Å². The number of rotatable bonds is 6. The summed E-state index contributed by atoms with van der Waals surface area (Å²) >= 11 is 2.65. The highest BCUT2D eigenvalue weighted by Gasteiger charge is 2.13. The van der Waals surface area contributed by atoms with E-state index >= 15 is 0 Å². The number of carboxylic acid groups (broad SMARTS) is 1. The first kappa shape index (κ1) is 16.8. The molecule has 1 aromatic carbocycles. The molecule has 0 atom stereocenters. The average Bonchev–Trinajstić information content (AvgIpc) is 3.25. The van der Waals surface area contributed by atoms with Crippen LogP contribution in [0.2, 0.25) is 0 Å². The largest absolute Gasteiger partial charge is 0.550 e. The number of aliphatic carboxylic acids is 1. The highest BCUT2D eigenvalue weighted by Crippen LogP contribution is 2.24. The lowest BCUT2D eigenvalue weighted by molar-refractivity contribution is -0.306. The van der Waals surface area contributed by atoms with Crippen LogP contribution >= 0.6 is 23.1 Å². The van der Waals surface area contributed by atoms with Crippen molar-refractivity contribution < 1.29 is 9.90 Å². The van der Waals surface area contributed by atoms with Crippen molar-refractivity contribution in [2.45, 2.75) is 23.9 Å². The van der Waals surface area contributed by atoms with E-state index in [1.807, 2.05) is 24.3 Å². The smallest absolute Gasteiger partial charge is 0.272 e. The lowest BCUT2D eigenvalue weighted by Crippen LogP contribution is -2.28. The summed E-state index contributed by atoms with van der Waals surface area (Å²) < 4.78 is 1.93. The van der Waals surface area contributed by atoms with Gasteiger partial charge in [-0.2, -0.15) is 0 Å². The summed E-state index contributed by atoms with van der Waals surface area (Å²) in [7, 11) is 0.